The van der Waals surface area contributed by atoms with Crippen molar-refractivity contribution in [2.75, 3.05) is 31.9 Å². The Kier molecular flexibility index (Phi) is 7.70. The summed E-state index contributed by atoms with van der Waals surface area (Å²) in [5.74, 6) is 0.143. The summed E-state index contributed by atoms with van der Waals surface area (Å²) < 4.78 is 29.7. The van der Waals surface area contributed by atoms with Crippen molar-refractivity contribution in [1.82, 2.24) is 25.2 Å². The molecule has 3 aromatic rings. The molecule has 9 heteroatoms. The molecule has 1 fully saturated rings. The number of nitrogens with two attached hydrogens (primary N) is 1. The van der Waals surface area contributed by atoms with E-state index in [9.17, 15) is 8.78 Å². The van der Waals surface area contributed by atoms with Gasteiger partial charge < -0.3 is 20.9 Å². The van der Waals surface area contributed by atoms with Crippen LogP contribution in [0, 0.1) is 17.6 Å². The quantitative estimate of drug-likeness (QED) is 0.359. The van der Waals surface area contributed by atoms with Gasteiger partial charge in [0.25, 0.3) is 0 Å². The predicted molar refractivity (Wildman–Crippen MR) is 126 cm³/mol. The van der Waals surface area contributed by atoms with E-state index < -0.39 is 11.6 Å². The van der Waals surface area contributed by atoms with E-state index >= 15 is 0 Å². The molecular formula is C23H29BrF2N6. The number of nitrogens with zero attached hydrogens (tertiary/aromatic N) is 3. The van der Waals surface area contributed by atoms with Gasteiger partial charge in [-0.2, -0.15) is 0 Å². The van der Waals surface area contributed by atoms with Gasteiger partial charge in [0.2, 0.25) is 0 Å². The molecule has 0 amide bonds. The number of aromatic nitrogens is 3. The minimum Gasteiger partial charge on any atom is -0.383 e. The number of rotatable bonds is 10. The number of fused-ring (bicyclic) bond motifs is 1. The molecule has 1 aliphatic carbocycles. The summed E-state index contributed by atoms with van der Waals surface area (Å²) in [6.45, 7) is 3.50. The van der Waals surface area contributed by atoms with Crippen molar-refractivity contribution in [3.63, 3.8) is 0 Å². The molecule has 0 radical (unpaired) electrons. The van der Waals surface area contributed by atoms with Crippen LogP contribution in [0.2, 0.25) is 0 Å². The van der Waals surface area contributed by atoms with Crippen LogP contribution in [0.4, 0.5) is 14.6 Å². The first-order chi connectivity index (χ1) is 15.5. The molecule has 4 rings (SSSR count). The van der Waals surface area contributed by atoms with Gasteiger partial charge in [-0.25, -0.2) is 18.7 Å². The van der Waals surface area contributed by atoms with E-state index in [1.54, 1.807) is 0 Å². The van der Waals surface area contributed by atoms with Crippen LogP contribution in [0.15, 0.2) is 35.2 Å². The van der Waals surface area contributed by atoms with Crippen molar-refractivity contribution in [3.05, 3.63) is 52.4 Å². The molecule has 2 unspecified atom stereocenters. The summed E-state index contributed by atoms with van der Waals surface area (Å²) in [6, 6.07) is 4.18. The van der Waals surface area contributed by atoms with Gasteiger partial charge in [0.15, 0.2) is 0 Å². The molecule has 1 saturated carbocycles. The third-order valence-corrected chi connectivity index (χ3v) is 6.83. The fourth-order valence-electron chi connectivity index (χ4n) is 4.54. The maximum atomic E-state index is 13.6. The molecule has 2 heterocycles. The van der Waals surface area contributed by atoms with Gasteiger partial charge in [-0.15, -0.1) is 0 Å². The molecule has 6 nitrogen and oxygen atoms in total. The minimum absolute atomic E-state index is 0.429. The second-order valence-electron chi connectivity index (χ2n) is 8.47. The molecule has 2 atom stereocenters. The first-order valence-electron chi connectivity index (χ1n) is 11.1. The van der Waals surface area contributed by atoms with Crippen LogP contribution in [0.25, 0.3) is 11.0 Å². The molecule has 1 aliphatic rings. The third-order valence-electron chi connectivity index (χ3n) is 6.23. The van der Waals surface area contributed by atoms with Gasteiger partial charge in [0, 0.05) is 22.8 Å². The Morgan fingerprint density at radius 1 is 1.12 bits per heavy atom. The Hall–Kier alpha value is -2.10. The number of nitrogens with one attached hydrogen (secondary N) is 2. The number of halogens is 3. The van der Waals surface area contributed by atoms with Crippen molar-refractivity contribution >= 4 is 32.8 Å². The highest BCUT2D eigenvalue weighted by Crippen LogP contribution is 2.39. The van der Waals surface area contributed by atoms with Crippen molar-refractivity contribution < 1.29 is 8.78 Å². The Morgan fingerprint density at radius 2 is 1.97 bits per heavy atom. The molecule has 172 valence electrons. The summed E-state index contributed by atoms with van der Waals surface area (Å²) in [6.07, 6.45) is 8.62. The van der Waals surface area contributed by atoms with Gasteiger partial charge in [0.05, 0.1) is 5.39 Å². The molecule has 0 aliphatic heterocycles. The lowest BCUT2D eigenvalue weighted by molar-refractivity contribution is 0.452. The van der Waals surface area contributed by atoms with E-state index in [-0.39, 0.29) is 0 Å². The zero-order valence-corrected chi connectivity index (χ0v) is 19.5. The van der Waals surface area contributed by atoms with E-state index in [4.69, 9.17) is 5.73 Å². The van der Waals surface area contributed by atoms with E-state index in [0.717, 1.165) is 60.5 Å². The number of anilines is 1. The first kappa shape index (κ1) is 23.1. The number of hydrogen-bond acceptors (Lipinski definition) is 5. The van der Waals surface area contributed by atoms with Crippen LogP contribution >= 0.6 is 15.9 Å². The number of benzene rings is 1. The number of nitrogen functional groups attached to an aromatic ring is 1. The van der Waals surface area contributed by atoms with Crippen LogP contribution in [-0.4, -0.2) is 40.7 Å². The van der Waals surface area contributed by atoms with Gasteiger partial charge in [-0.1, -0.05) is 6.07 Å². The smallest absolute Gasteiger partial charge is 0.146 e. The van der Waals surface area contributed by atoms with Crippen molar-refractivity contribution in [2.24, 2.45) is 5.92 Å². The van der Waals surface area contributed by atoms with Crippen molar-refractivity contribution in [1.29, 1.82) is 0 Å². The second-order valence-corrected chi connectivity index (χ2v) is 9.32. The summed E-state index contributed by atoms with van der Waals surface area (Å²) in [5.41, 5.74) is 7.47. The monoisotopic (exact) mass is 506 g/mol. The average Bonchev–Trinajstić information content (AvgIpc) is 3.36. The van der Waals surface area contributed by atoms with Gasteiger partial charge in [0.1, 0.15) is 29.4 Å². The zero-order chi connectivity index (χ0) is 22.5. The first-order valence-corrected chi connectivity index (χ1v) is 11.9. The van der Waals surface area contributed by atoms with E-state index in [1.165, 1.54) is 24.9 Å². The van der Waals surface area contributed by atoms with Crippen LogP contribution < -0.4 is 16.4 Å². The van der Waals surface area contributed by atoms with Crippen LogP contribution in [0.5, 0.6) is 0 Å². The lowest BCUT2D eigenvalue weighted by atomic mass is 10.1. The molecule has 2 aromatic heterocycles. The molecular weight excluding hydrogens is 478 g/mol. The standard InChI is InChI=1S/C23H29BrF2N6/c24-19-13-32(23-21(19)22(27)30-14-31-23)18-5-2-15(10-18)12-29-8-1-7-28-9-6-16-3-4-17(25)11-20(16)26/h3-4,11,13-15,18,28-29H,1-2,5-10,12H2,(H2,27,30,31). The fourth-order valence-corrected chi connectivity index (χ4v) is 5.15. The largest absolute Gasteiger partial charge is 0.383 e. The predicted octanol–water partition coefficient (Wildman–Crippen LogP) is 4.21. The SMILES string of the molecule is Nc1ncnc2c1c(Br)cn2C1CCC(CNCCCNCCc2ccc(F)cc2F)C1. The summed E-state index contributed by atoms with van der Waals surface area (Å²) in [7, 11) is 0. The Bertz CT molecular complexity index is 1060. The molecule has 0 bridgehead atoms. The fraction of sp³-hybridized carbons (Fsp3) is 0.478. The Balaban J connectivity index is 1.13. The molecule has 0 saturated heterocycles. The third kappa shape index (κ3) is 5.44. The topological polar surface area (TPSA) is 80.8 Å². The Morgan fingerprint density at radius 3 is 2.81 bits per heavy atom. The van der Waals surface area contributed by atoms with E-state index in [0.29, 0.717) is 36.3 Å². The van der Waals surface area contributed by atoms with Crippen LogP contribution in [0.3, 0.4) is 0 Å². The van der Waals surface area contributed by atoms with Crippen LogP contribution in [0.1, 0.15) is 37.3 Å². The highest BCUT2D eigenvalue weighted by atomic mass is 79.9. The normalized spacial score (nSPS) is 18.6. The molecule has 4 N–H and O–H groups in total. The maximum Gasteiger partial charge on any atom is 0.146 e. The summed E-state index contributed by atoms with van der Waals surface area (Å²) in [4.78, 5) is 8.55. The maximum absolute atomic E-state index is 13.6. The highest BCUT2D eigenvalue weighted by Gasteiger charge is 2.27. The summed E-state index contributed by atoms with van der Waals surface area (Å²) >= 11 is 3.59. The average molecular weight is 507 g/mol. The Labute approximate surface area is 195 Å². The summed E-state index contributed by atoms with van der Waals surface area (Å²) in [5, 5.41) is 7.79. The zero-order valence-electron chi connectivity index (χ0n) is 18.0. The van der Waals surface area contributed by atoms with Gasteiger partial charge in [-0.3, -0.25) is 0 Å². The molecule has 1 aromatic carbocycles. The van der Waals surface area contributed by atoms with E-state index in [2.05, 4.69) is 47.3 Å². The molecule has 0 spiro atoms. The molecule has 32 heavy (non-hydrogen) atoms. The number of hydrogen-bond donors (Lipinski definition) is 3. The lowest BCUT2D eigenvalue weighted by Gasteiger charge is -2.15. The van der Waals surface area contributed by atoms with Crippen molar-refractivity contribution in [2.45, 2.75) is 38.1 Å². The van der Waals surface area contributed by atoms with E-state index in [1.807, 2.05) is 0 Å². The van der Waals surface area contributed by atoms with Crippen LogP contribution in [-0.2, 0) is 6.42 Å². The van der Waals surface area contributed by atoms with Crippen molar-refractivity contribution in [3.8, 4) is 0 Å². The minimum atomic E-state index is -0.535. The lowest BCUT2D eigenvalue weighted by Crippen LogP contribution is -2.26. The van der Waals surface area contributed by atoms with Gasteiger partial charge in [-0.05, 0) is 91.8 Å². The highest BCUT2D eigenvalue weighted by molar-refractivity contribution is 9.10. The second kappa shape index (κ2) is 10.7. The van der Waals surface area contributed by atoms with Gasteiger partial charge >= 0.3 is 0 Å².